The summed E-state index contributed by atoms with van der Waals surface area (Å²) in [7, 11) is 0. The van der Waals surface area contributed by atoms with Crippen molar-refractivity contribution in [3.05, 3.63) is 89.4 Å². The molecule has 1 amide bonds. The van der Waals surface area contributed by atoms with E-state index in [1.165, 1.54) is 5.56 Å². The second kappa shape index (κ2) is 8.15. The Kier molecular flexibility index (Phi) is 5.26. The lowest BCUT2D eigenvalue weighted by Gasteiger charge is -2.06. The van der Waals surface area contributed by atoms with E-state index in [1.54, 1.807) is 17.5 Å². The predicted molar refractivity (Wildman–Crippen MR) is 114 cm³/mol. The van der Waals surface area contributed by atoms with Crippen LogP contribution in [0.1, 0.15) is 11.1 Å². The zero-order valence-electron chi connectivity index (χ0n) is 15.4. The van der Waals surface area contributed by atoms with Crippen molar-refractivity contribution in [1.82, 2.24) is 9.97 Å². The molecule has 0 aliphatic heterocycles. The van der Waals surface area contributed by atoms with Gasteiger partial charge in [0.05, 0.1) is 12.1 Å². The van der Waals surface area contributed by atoms with E-state index in [4.69, 9.17) is 4.98 Å². The molecule has 0 bridgehead atoms. The summed E-state index contributed by atoms with van der Waals surface area (Å²) in [4.78, 5) is 21.3. The van der Waals surface area contributed by atoms with Crippen molar-refractivity contribution in [2.45, 2.75) is 13.3 Å². The molecule has 1 N–H and O–H groups in total. The Labute approximate surface area is 167 Å². The van der Waals surface area contributed by atoms with Gasteiger partial charge in [-0.25, -0.2) is 9.97 Å². The standard InChI is InChI=1S/C23H19N3OS/c1-16-6-5-9-18(12-16)20-15-28-23(25-20)19-10-11-24-21(14-19)26-22(27)13-17-7-3-2-4-8-17/h2-12,14-15H,13H2,1H3,(H,24,26,27). The Morgan fingerprint density at radius 3 is 2.68 bits per heavy atom. The van der Waals surface area contributed by atoms with Gasteiger partial charge in [0.1, 0.15) is 10.8 Å². The molecular weight excluding hydrogens is 366 g/mol. The fourth-order valence-electron chi connectivity index (χ4n) is 2.94. The molecule has 0 spiro atoms. The molecule has 4 nitrogen and oxygen atoms in total. The number of nitrogens with one attached hydrogen (secondary N) is 1. The lowest BCUT2D eigenvalue weighted by atomic mass is 10.1. The number of aryl methyl sites for hydroxylation is 1. The Hall–Kier alpha value is -3.31. The molecule has 4 rings (SSSR count). The van der Waals surface area contributed by atoms with Crippen LogP contribution in [0.3, 0.4) is 0 Å². The van der Waals surface area contributed by atoms with Gasteiger partial charge in [0.25, 0.3) is 0 Å². The van der Waals surface area contributed by atoms with Crippen LogP contribution in [0.25, 0.3) is 21.8 Å². The highest BCUT2D eigenvalue weighted by Crippen LogP contribution is 2.30. The van der Waals surface area contributed by atoms with Crippen LogP contribution in [0.2, 0.25) is 0 Å². The molecule has 0 saturated heterocycles. The lowest BCUT2D eigenvalue weighted by molar-refractivity contribution is -0.115. The Morgan fingerprint density at radius 1 is 1.00 bits per heavy atom. The first-order valence-electron chi connectivity index (χ1n) is 9.00. The van der Waals surface area contributed by atoms with Crippen LogP contribution in [-0.4, -0.2) is 15.9 Å². The van der Waals surface area contributed by atoms with Crippen LogP contribution in [0.15, 0.2) is 78.3 Å². The van der Waals surface area contributed by atoms with Crippen LogP contribution in [0, 0.1) is 6.92 Å². The summed E-state index contributed by atoms with van der Waals surface area (Å²) in [6.45, 7) is 2.07. The molecule has 0 unspecified atom stereocenters. The molecule has 0 radical (unpaired) electrons. The summed E-state index contributed by atoms with van der Waals surface area (Å²) in [6.07, 6.45) is 2.02. The Morgan fingerprint density at radius 2 is 1.86 bits per heavy atom. The summed E-state index contributed by atoms with van der Waals surface area (Å²) in [5.74, 6) is 0.446. The number of carbonyl (C=O) groups excluding carboxylic acids is 1. The molecule has 5 heteroatoms. The second-order valence-corrected chi connectivity index (χ2v) is 7.41. The summed E-state index contributed by atoms with van der Waals surface area (Å²) in [5.41, 5.74) is 5.18. The quantitative estimate of drug-likeness (QED) is 0.503. The number of pyridine rings is 1. The zero-order chi connectivity index (χ0) is 19.3. The van der Waals surface area contributed by atoms with E-state index in [1.807, 2.05) is 48.5 Å². The molecule has 0 saturated carbocycles. The highest BCUT2D eigenvalue weighted by atomic mass is 32.1. The summed E-state index contributed by atoms with van der Waals surface area (Å²) < 4.78 is 0. The van der Waals surface area contributed by atoms with Crippen LogP contribution in [0.5, 0.6) is 0 Å². The first-order valence-corrected chi connectivity index (χ1v) is 9.88. The van der Waals surface area contributed by atoms with Crippen molar-refractivity contribution in [3.63, 3.8) is 0 Å². The smallest absolute Gasteiger partial charge is 0.229 e. The van der Waals surface area contributed by atoms with Gasteiger partial charge in [-0.2, -0.15) is 0 Å². The van der Waals surface area contributed by atoms with Crippen LogP contribution in [0.4, 0.5) is 5.82 Å². The van der Waals surface area contributed by atoms with Crippen molar-refractivity contribution in [1.29, 1.82) is 0 Å². The molecule has 28 heavy (non-hydrogen) atoms. The molecular formula is C23H19N3OS. The van der Waals surface area contributed by atoms with E-state index in [-0.39, 0.29) is 5.91 Å². The highest BCUT2D eigenvalue weighted by Gasteiger charge is 2.10. The van der Waals surface area contributed by atoms with Crippen LogP contribution >= 0.6 is 11.3 Å². The Bertz CT molecular complexity index is 1110. The average molecular weight is 385 g/mol. The molecule has 4 aromatic rings. The maximum Gasteiger partial charge on any atom is 0.229 e. The average Bonchev–Trinajstić information content (AvgIpc) is 3.19. The SMILES string of the molecule is Cc1cccc(-c2csc(-c3ccnc(NC(=O)Cc4ccccc4)c3)n2)c1. The van der Waals surface area contributed by atoms with Gasteiger partial charge < -0.3 is 5.32 Å². The number of carbonyl (C=O) groups is 1. The summed E-state index contributed by atoms with van der Waals surface area (Å²) in [5, 5.41) is 5.83. The highest BCUT2D eigenvalue weighted by molar-refractivity contribution is 7.13. The van der Waals surface area contributed by atoms with E-state index < -0.39 is 0 Å². The van der Waals surface area contributed by atoms with Gasteiger partial charge >= 0.3 is 0 Å². The molecule has 2 aromatic carbocycles. The normalized spacial score (nSPS) is 10.6. The molecule has 0 fully saturated rings. The number of benzene rings is 2. The minimum Gasteiger partial charge on any atom is -0.310 e. The van der Waals surface area contributed by atoms with Gasteiger partial charge in [0.15, 0.2) is 0 Å². The van der Waals surface area contributed by atoms with Crippen molar-refractivity contribution in [3.8, 4) is 21.8 Å². The molecule has 138 valence electrons. The Balaban J connectivity index is 1.50. The van der Waals surface area contributed by atoms with E-state index in [0.29, 0.717) is 12.2 Å². The lowest BCUT2D eigenvalue weighted by Crippen LogP contribution is -2.15. The second-order valence-electron chi connectivity index (χ2n) is 6.55. The number of anilines is 1. The maximum atomic E-state index is 12.3. The number of amides is 1. The number of hydrogen-bond donors (Lipinski definition) is 1. The first-order chi connectivity index (χ1) is 13.7. The number of aromatic nitrogens is 2. The van der Waals surface area contributed by atoms with Gasteiger partial charge in [0, 0.05) is 22.7 Å². The van der Waals surface area contributed by atoms with Crippen molar-refractivity contribution in [2.75, 3.05) is 5.32 Å². The molecule has 0 atom stereocenters. The monoisotopic (exact) mass is 385 g/mol. The largest absolute Gasteiger partial charge is 0.310 e. The van der Waals surface area contributed by atoms with Crippen LogP contribution in [-0.2, 0) is 11.2 Å². The van der Waals surface area contributed by atoms with Gasteiger partial charge in [-0.1, -0.05) is 54.1 Å². The molecule has 2 aromatic heterocycles. The van der Waals surface area contributed by atoms with E-state index in [2.05, 4.69) is 40.8 Å². The third kappa shape index (κ3) is 4.32. The van der Waals surface area contributed by atoms with E-state index >= 15 is 0 Å². The summed E-state index contributed by atoms with van der Waals surface area (Å²) >= 11 is 1.58. The maximum absolute atomic E-state index is 12.3. The molecule has 2 heterocycles. The van der Waals surface area contributed by atoms with Gasteiger partial charge in [-0.15, -0.1) is 11.3 Å². The van der Waals surface area contributed by atoms with E-state index in [0.717, 1.165) is 27.4 Å². The fourth-order valence-corrected chi connectivity index (χ4v) is 3.77. The minimum atomic E-state index is -0.0876. The predicted octanol–water partition coefficient (Wildman–Crippen LogP) is 5.36. The zero-order valence-corrected chi connectivity index (χ0v) is 16.2. The number of nitrogens with zero attached hydrogens (tertiary/aromatic N) is 2. The topological polar surface area (TPSA) is 54.9 Å². The van der Waals surface area contributed by atoms with Gasteiger partial charge in [-0.3, -0.25) is 4.79 Å². The van der Waals surface area contributed by atoms with Crippen LogP contribution < -0.4 is 5.32 Å². The minimum absolute atomic E-state index is 0.0876. The van der Waals surface area contributed by atoms with Gasteiger partial charge in [0.2, 0.25) is 5.91 Å². The number of thiazole rings is 1. The van der Waals surface area contributed by atoms with Crippen molar-refractivity contribution in [2.24, 2.45) is 0 Å². The van der Waals surface area contributed by atoms with Gasteiger partial charge in [-0.05, 0) is 30.7 Å². The fraction of sp³-hybridized carbons (Fsp3) is 0.0870. The third-order valence-electron chi connectivity index (χ3n) is 4.30. The summed E-state index contributed by atoms with van der Waals surface area (Å²) in [6, 6.07) is 21.7. The van der Waals surface area contributed by atoms with Crippen molar-refractivity contribution < 1.29 is 4.79 Å². The number of hydrogen-bond acceptors (Lipinski definition) is 4. The molecule has 0 aliphatic rings. The molecule has 0 aliphatic carbocycles. The number of rotatable bonds is 5. The van der Waals surface area contributed by atoms with E-state index in [9.17, 15) is 4.79 Å². The first kappa shape index (κ1) is 18.1. The van der Waals surface area contributed by atoms with Crippen molar-refractivity contribution >= 4 is 23.1 Å². The third-order valence-corrected chi connectivity index (χ3v) is 5.19.